The van der Waals surface area contributed by atoms with Crippen LogP contribution in [-0.4, -0.2) is 38.3 Å². The minimum atomic E-state index is 0.0789. The molecule has 0 spiro atoms. The van der Waals surface area contributed by atoms with Crippen molar-refractivity contribution in [3.05, 3.63) is 34.9 Å². The lowest BCUT2D eigenvalue weighted by Crippen LogP contribution is -2.43. The predicted molar refractivity (Wildman–Crippen MR) is 80.0 cm³/mol. The molecule has 1 aromatic rings. The lowest BCUT2D eigenvalue weighted by Gasteiger charge is -2.18. The van der Waals surface area contributed by atoms with Crippen LogP contribution >= 0.6 is 11.6 Å². The van der Waals surface area contributed by atoms with Crippen molar-refractivity contribution in [2.24, 2.45) is 0 Å². The average Bonchev–Trinajstić information content (AvgIpc) is 2.88. The molecule has 1 aliphatic rings. The molecule has 110 valence electrons. The maximum Gasteiger partial charge on any atom is 0.220 e. The first-order chi connectivity index (χ1) is 9.69. The normalized spacial score (nSPS) is 21.9. The number of aryl methyl sites for hydroxylation is 1. The fraction of sp³-hybridized carbons (Fsp3) is 0.533. The number of rotatable bonds is 6. The Balaban J connectivity index is 1.68. The molecule has 5 heteroatoms. The molecule has 1 aromatic carbocycles. The molecule has 4 nitrogen and oxygen atoms in total. The van der Waals surface area contributed by atoms with Crippen LogP contribution in [0.5, 0.6) is 0 Å². The lowest BCUT2D eigenvalue weighted by molar-refractivity contribution is -0.122. The van der Waals surface area contributed by atoms with Gasteiger partial charge in [0, 0.05) is 31.6 Å². The molecule has 20 heavy (non-hydrogen) atoms. The summed E-state index contributed by atoms with van der Waals surface area (Å²) in [6.45, 7) is 1.58. The van der Waals surface area contributed by atoms with Crippen LogP contribution in [-0.2, 0) is 16.0 Å². The number of hydrogen-bond donors (Lipinski definition) is 2. The number of nitrogens with one attached hydrogen (secondary N) is 2. The van der Waals surface area contributed by atoms with E-state index < -0.39 is 0 Å². The van der Waals surface area contributed by atoms with Crippen molar-refractivity contribution >= 4 is 17.5 Å². The molecule has 0 aliphatic carbocycles. The Morgan fingerprint density at radius 2 is 2.15 bits per heavy atom. The van der Waals surface area contributed by atoms with E-state index in [1.165, 1.54) is 5.56 Å². The topological polar surface area (TPSA) is 50.4 Å². The zero-order valence-corrected chi connectivity index (χ0v) is 12.5. The van der Waals surface area contributed by atoms with Gasteiger partial charge in [0.15, 0.2) is 0 Å². The van der Waals surface area contributed by atoms with E-state index in [2.05, 4.69) is 10.6 Å². The van der Waals surface area contributed by atoms with Crippen LogP contribution in [0, 0.1) is 0 Å². The van der Waals surface area contributed by atoms with Crippen molar-refractivity contribution in [3.63, 3.8) is 0 Å². The Kier molecular flexibility index (Phi) is 5.83. The van der Waals surface area contributed by atoms with Gasteiger partial charge in [0.05, 0.1) is 12.1 Å². The van der Waals surface area contributed by atoms with E-state index in [0.29, 0.717) is 6.42 Å². The number of methoxy groups -OCH3 is 1. The summed E-state index contributed by atoms with van der Waals surface area (Å²) in [6, 6.07) is 7.85. The van der Waals surface area contributed by atoms with E-state index in [9.17, 15) is 4.79 Å². The summed E-state index contributed by atoms with van der Waals surface area (Å²) in [5, 5.41) is 6.98. The van der Waals surface area contributed by atoms with Gasteiger partial charge in [0.25, 0.3) is 0 Å². The number of hydrogen-bond acceptors (Lipinski definition) is 3. The van der Waals surface area contributed by atoms with Gasteiger partial charge in [-0.05, 0) is 30.5 Å². The summed E-state index contributed by atoms with van der Waals surface area (Å²) in [6.07, 6.45) is 2.34. The van der Waals surface area contributed by atoms with Crippen LogP contribution in [0.15, 0.2) is 24.3 Å². The Bertz CT molecular complexity index is 436. The molecular formula is C15H21ClN2O2. The first-order valence-corrected chi connectivity index (χ1v) is 7.34. The molecule has 0 aromatic heterocycles. The van der Waals surface area contributed by atoms with Gasteiger partial charge >= 0.3 is 0 Å². The van der Waals surface area contributed by atoms with Crippen molar-refractivity contribution in [2.75, 3.05) is 20.2 Å². The van der Waals surface area contributed by atoms with Gasteiger partial charge in [-0.2, -0.15) is 0 Å². The SMILES string of the molecule is COC1CNCC1NC(=O)CCCc1ccc(Cl)cc1. The number of benzene rings is 1. The second kappa shape index (κ2) is 7.62. The van der Waals surface area contributed by atoms with Crippen LogP contribution in [0.2, 0.25) is 5.02 Å². The van der Waals surface area contributed by atoms with Crippen LogP contribution < -0.4 is 10.6 Å². The zero-order chi connectivity index (χ0) is 14.4. The molecule has 2 rings (SSSR count). The third-order valence-electron chi connectivity index (χ3n) is 3.59. The summed E-state index contributed by atoms with van der Waals surface area (Å²) in [4.78, 5) is 11.9. The molecule has 0 saturated carbocycles. The molecule has 0 bridgehead atoms. The van der Waals surface area contributed by atoms with E-state index in [4.69, 9.17) is 16.3 Å². The highest BCUT2D eigenvalue weighted by Crippen LogP contribution is 2.12. The van der Waals surface area contributed by atoms with Gasteiger partial charge in [-0.3, -0.25) is 4.79 Å². The largest absolute Gasteiger partial charge is 0.378 e. The maximum atomic E-state index is 11.9. The standard InChI is InChI=1S/C15H21ClN2O2/c1-20-14-10-17-9-13(14)18-15(19)4-2-3-11-5-7-12(16)8-6-11/h5-8,13-14,17H,2-4,9-10H2,1H3,(H,18,19). The van der Waals surface area contributed by atoms with E-state index in [1.54, 1.807) is 7.11 Å². The first kappa shape index (κ1) is 15.3. The summed E-state index contributed by atoms with van der Waals surface area (Å²) in [7, 11) is 1.68. The van der Waals surface area contributed by atoms with Gasteiger partial charge in [-0.25, -0.2) is 0 Å². The number of amides is 1. The van der Waals surface area contributed by atoms with Gasteiger partial charge < -0.3 is 15.4 Å². The van der Waals surface area contributed by atoms with E-state index in [-0.39, 0.29) is 18.1 Å². The van der Waals surface area contributed by atoms with Gasteiger partial charge in [0.1, 0.15) is 0 Å². The highest BCUT2D eigenvalue weighted by Gasteiger charge is 2.27. The molecule has 1 fully saturated rings. The van der Waals surface area contributed by atoms with Gasteiger partial charge in [-0.15, -0.1) is 0 Å². The number of ether oxygens (including phenoxy) is 1. The first-order valence-electron chi connectivity index (χ1n) is 6.96. The predicted octanol–water partition coefficient (Wildman–Crippen LogP) is 1.77. The molecule has 2 N–H and O–H groups in total. The minimum absolute atomic E-state index is 0.0789. The van der Waals surface area contributed by atoms with Crippen molar-refractivity contribution in [1.29, 1.82) is 0 Å². The lowest BCUT2D eigenvalue weighted by atomic mass is 10.1. The molecule has 1 amide bonds. The molecular weight excluding hydrogens is 276 g/mol. The van der Waals surface area contributed by atoms with E-state index in [0.717, 1.165) is 31.0 Å². The van der Waals surface area contributed by atoms with Crippen LogP contribution in [0.3, 0.4) is 0 Å². The van der Waals surface area contributed by atoms with Crippen molar-refractivity contribution in [2.45, 2.75) is 31.4 Å². The van der Waals surface area contributed by atoms with Gasteiger partial charge in [0.2, 0.25) is 5.91 Å². The molecule has 1 heterocycles. The summed E-state index contributed by atoms with van der Waals surface area (Å²) >= 11 is 5.84. The highest BCUT2D eigenvalue weighted by molar-refractivity contribution is 6.30. The minimum Gasteiger partial charge on any atom is -0.378 e. The third-order valence-corrected chi connectivity index (χ3v) is 3.84. The summed E-state index contributed by atoms with van der Waals surface area (Å²) in [5.74, 6) is 0.0923. The van der Waals surface area contributed by atoms with Crippen molar-refractivity contribution < 1.29 is 9.53 Å². The Hall–Kier alpha value is -1.10. The van der Waals surface area contributed by atoms with E-state index in [1.807, 2.05) is 24.3 Å². The molecule has 1 aliphatic heterocycles. The molecule has 1 saturated heterocycles. The Labute approximate surface area is 124 Å². The number of carbonyl (C=O) groups excluding carboxylic acids is 1. The second-order valence-corrected chi connectivity index (χ2v) is 5.52. The molecule has 2 atom stereocenters. The second-order valence-electron chi connectivity index (χ2n) is 5.09. The van der Waals surface area contributed by atoms with E-state index >= 15 is 0 Å². The fourth-order valence-electron chi connectivity index (χ4n) is 2.43. The molecule has 0 radical (unpaired) electrons. The number of carbonyl (C=O) groups is 1. The maximum absolute atomic E-state index is 11.9. The van der Waals surface area contributed by atoms with Crippen LogP contribution in [0.25, 0.3) is 0 Å². The van der Waals surface area contributed by atoms with Crippen LogP contribution in [0.4, 0.5) is 0 Å². The van der Waals surface area contributed by atoms with Crippen LogP contribution in [0.1, 0.15) is 18.4 Å². The smallest absolute Gasteiger partial charge is 0.220 e. The summed E-state index contributed by atoms with van der Waals surface area (Å²) < 4.78 is 5.32. The summed E-state index contributed by atoms with van der Waals surface area (Å²) in [5.41, 5.74) is 1.21. The average molecular weight is 297 g/mol. The monoisotopic (exact) mass is 296 g/mol. The fourth-order valence-corrected chi connectivity index (χ4v) is 2.56. The Morgan fingerprint density at radius 3 is 2.85 bits per heavy atom. The Morgan fingerprint density at radius 1 is 1.40 bits per heavy atom. The van der Waals surface area contributed by atoms with Crippen molar-refractivity contribution in [3.8, 4) is 0 Å². The van der Waals surface area contributed by atoms with Crippen molar-refractivity contribution in [1.82, 2.24) is 10.6 Å². The molecule has 2 unspecified atom stereocenters. The van der Waals surface area contributed by atoms with Gasteiger partial charge in [-0.1, -0.05) is 23.7 Å². The quantitative estimate of drug-likeness (QED) is 0.841. The number of halogens is 1. The zero-order valence-electron chi connectivity index (χ0n) is 11.7. The highest BCUT2D eigenvalue weighted by atomic mass is 35.5. The third kappa shape index (κ3) is 4.47.